The Kier molecular flexibility index (Phi) is 11.6. The van der Waals surface area contributed by atoms with E-state index in [1.54, 1.807) is 26.8 Å². The minimum absolute atomic E-state index is 0.0408. The Morgan fingerprint density at radius 2 is 1.44 bits per heavy atom. The lowest BCUT2D eigenvalue weighted by Gasteiger charge is -2.28. The standard InChI is InChI=1S/C34H43N5O4/c1-23(2)31(33(42)43-34(3,4)5)36-32(41)29(21-24-12-9-8-10-13-24)35-30(40)22-25-14-11-15-27(20-25)38-37-26-16-18-28(19-17-26)39(6)7/h8-20,23,29,31H,21-22H2,1-7H3,(H,35,40)(H,36,41). The Morgan fingerprint density at radius 1 is 0.814 bits per heavy atom. The molecular formula is C34H43N5O4. The average Bonchev–Trinajstić information content (AvgIpc) is 2.94. The number of nitrogens with zero attached hydrogens (tertiary/aromatic N) is 3. The summed E-state index contributed by atoms with van der Waals surface area (Å²) in [7, 11) is 3.95. The van der Waals surface area contributed by atoms with Gasteiger partial charge in [-0.15, -0.1) is 0 Å². The number of ether oxygens (including phenoxy) is 1. The molecule has 3 aromatic carbocycles. The first-order valence-electron chi connectivity index (χ1n) is 14.5. The highest BCUT2D eigenvalue weighted by Gasteiger charge is 2.32. The Morgan fingerprint density at radius 3 is 2.05 bits per heavy atom. The van der Waals surface area contributed by atoms with Crippen molar-refractivity contribution in [3.8, 4) is 0 Å². The summed E-state index contributed by atoms with van der Waals surface area (Å²) in [6.07, 6.45) is 0.303. The molecule has 2 N–H and O–H groups in total. The van der Waals surface area contributed by atoms with Gasteiger partial charge in [0.1, 0.15) is 17.7 Å². The summed E-state index contributed by atoms with van der Waals surface area (Å²) in [6.45, 7) is 9.01. The fraction of sp³-hybridized carbons (Fsp3) is 0.382. The highest BCUT2D eigenvalue weighted by atomic mass is 16.6. The van der Waals surface area contributed by atoms with Gasteiger partial charge >= 0.3 is 5.97 Å². The number of esters is 1. The van der Waals surface area contributed by atoms with Crippen molar-refractivity contribution >= 4 is 34.8 Å². The topological polar surface area (TPSA) is 112 Å². The number of amides is 2. The molecule has 0 saturated heterocycles. The van der Waals surface area contributed by atoms with E-state index >= 15 is 0 Å². The molecule has 9 nitrogen and oxygen atoms in total. The van der Waals surface area contributed by atoms with E-state index in [0.29, 0.717) is 5.69 Å². The van der Waals surface area contributed by atoms with E-state index in [0.717, 1.165) is 22.5 Å². The molecule has 0 bridgehead atoms. The lowest BCUT2D eigenvalue weighted by Crippen LogP contribution is -2.55. The lowest BCUT2D eigenvalue weighted by atomic mass is 10.0. The fourth-order valence-corrected chi connectivity index (χ4v) is 4.27. The molecule has 0 aromatic heterocycles. The Bertz CT molecular complexity index is 1400. The molecule has 0 aliphatic rings. The van der Waals surface area contributed by atoms with Gasteiger partial charge < -0.3 is 20.3 Å². The van der Waals surface area contributed by atoms with Crippen molar-refractivity contribution in [1.29, 1.82) is 0 Å². The number of carbonyl (C=O) groups excluding carboxylic acids is 3. The van der Waals surface area contributed by atoms with Gasteiger partial charge in [0.25, 0.3) is 0 Å². The molecule has 43 heavy (non-hydrogen) atoms. The third-order valence-electron chi connectivity index (χ3n) is 6.48. The number of anilines is 1. The van der Waals surface area contributed by atoms with Crippen LogP contribution in [0.2, 0.25) is 0 Å². The van der Waals surface area contributed by atoms with Crippen molar-refractivity contribution in [3.05, 3.63) is 90.0 Å². The molecule has 3 rings (SSSR count). The summed E-state index contributed by atoms with van der Waals surface area (Å²) in [5.74, 6) is -1.51. The zero-order chi connectivity index (χ0) is 31.6. The van der Waals surface area contributed by atoms with Gasteiger partial charge in [-0.1, -0.05) is 56.3 Å². The quantitative estimate of drug-likeness (QED) is 0.202. The number of benzene rings is 3. The molecule has 2 amide bonds. The van der Waals surface area contributed by atoms with Crippen LogP contribution in [0.1, 0.15) is 45.7 Å². The first-order chi connectivity index (χ1) is 20.3. The van der Waals surface area contributed by atoms with E-state index in [4.69, 9.17) is 4.74 Å². The second-order valence-electron chi connectivity index (χ2n) is 12.0. The number of azo groups is 1. The molecule has 0 saturated carbocycles. The Labute approximate surface area is 254 Å². The molecular weight excluding hydrogens is 542 g/mol. The van der Waals surface area contributed by atoms with Crippen LogP contribution >= 0.6 is 0 Å². The molecule has 0 heterocycles. The largest absolute Gasteiger partial charge is 0.458 e. The predicted octanol–water partition coefficient (Wildman–Crippen LogP) is 5.92. The van der Waals surface area contributed by atoms with Gasteiger partial charge in [-0.2, -0.15) is 10.2 Å². The normalized spacial score (nSPS) is 12.9. The summed E-state index contributed by atoms with van der Waals surface area (Å²) in [5.41, 5.74) is 3.30. The first-order valence-corrected chi connectivity index (χ1v) is 14.5. The maximum absolute atomic E-state index is 13.5. The summed E-state index contributed by atoms with van der Waals surface area (Å²) in [6, 6.07) is 22.6. The maximum Gasteiger partial charge on any atom is 0.329 e. The molecule has 9 heteroatoms. The van der Waals surface area contributed by atoms with Gasteiger partial charge in [-0.25, -0.2) is 4.79 Å². The monoisotopic (exact) mass is 585 g/mol. The van der Waals surface area contributed by atoms with Gasteiger partial charge in [0.15, 0.2) is 0 Å². The molecule has 228 valence electrons. The minimum atomic E-state index is -0.897. The summed E-state index contributed by atoms with van der Waals surface area (Å²) < 4.78 is 5.53. The number of rotatable bonds is 12. The second kappa shape index (κ2) is 15.1. The molecule has 0 spiro atoms. The van der Waals surface area contributed by atoms with Crippen molar-refractivity contribution in [2.75, 3.05) is 19.0 Å². The number of carbonyl (C=O) groups is 3. The van der Waals surface area contributed by atoms with Crippen LogP contribution in [0.5, 0.6) is 0 Å². The number of hydrogen-bond donors (Lipinski definition) is 2. The van der Waals surface area contributed by atoms with Crippen LogP contribution in [0.4, 0.5) is 17.1 Å². The number of hydrogen-bond acceptors (Lipinski definition) is 7. The SMILES string of the molecule is CC(C)C(NC(=O)C(Cc1ccccc1)NC(=O)Cc1cccc(N=Nc2ccc(N(C)C)cc2)c1)C(=O)OC(C)(C)C. The van der Waals surface area contributed by atoms with Crippen LogP contribution in [0.15, 0.2) is 89.1 Å². The predicted molar refractivity (Wildman–Crippen MR) is 170 cm³/mol. The van der Waals surface area contributed by atoms with Crippen LogP contribution < -0.4 is 15.5 Å². The second-order valence-corrected chi connectivity index (χ2v) is 12.0. The molecule has 0 radical (unpaired) electrons. The fourth-order valence-electron chi connectivity index (χ4n) is 4.27. The summed E-state index contributed by atoms with van der Waals surface area (Å²) >= 11 is 0. The molecule has 2 atom stereocenters. The van der Waals surface area contributed by atoms with E-state index < -0.39 is 29.6 Å². The molecule has 0 aliphatic carbocycles. The van der Waals surface area contributed by atoms with Crippen LogP contribution in [-0.4, -0.2) is 49.6 Å². The van der Waals surface area contributed by atoms with Gasteiger partial charge in [0.2, 0.25) is 11.8 Å². The van der Waals surface area contributed by atoms with Gasteiger partial charge in [-0.05, 0) is 74.2 Å². The molecule has 0 fully saturated rings. The van der Waals surface area contributed by atoms with Crippen LogP contribution in [-0.2, 0) is 32.0 Å². The van der Waals surface area contributed by atoms with Crippen molar-refractivity contribution in [1.82, 2.24) is 10.6 Å². The summed E-state index contributed by atoms with van der Waals surface area (Å²) in [4.78, 5) is 41.5. The molecule has 3 aromatic rings. The van der Waals surface area contributed by atoms with Crippen LogP contribution in [0.25, 0.3) is 0 Å². The Hall–Kier alpha value is -4.53. The Balaban J connectivity index is 1.72. The minimum Gasteiger partial charge on any atom is -0.458 e. The van der Waals surface area contributed by atoms with Crippen molar-refractivity contribution in [2.45, 2.75) is 65.1 Å². The van der Waals surface area contributed by atoms with E-state index in [2.05, 4.69) is 20.9 Å². The third-order valence-corrected chi connectivity index (χ3v) is 6.48. The van der Waals surface area contributed by atoms with E-state index in [9.17, 15) is 14.4 Å². The maximum atomic E-state index is 13.5. The third kappa shape index (κ3) is 11.0. The highest BCUT2D eigenvalue weighted by molar-refractivity contribution is 5.91. The smallest absolute Gasteiger partial charge is 0.329 e. The first kappa shape index (κ1) is 33.0. The molecule has 2 unspecified atom stereocenters. The van der Waals surface area contributed by atoms with Crippen LogP contribution in [0, 0.1) is 5.92 Å². The van der Waals surface area contributed by atoms with E-state index in [-0.39, 0.29) is 24.7 Å². The zero-order valence-electron chi connectivity index (χ0n) is 26.1. The van der Waals surface area contributed by atoms with Gasteiger partial charge in [-0.3, -0.25) is 9.59 Å². The van der Waals surface area contributed by atoms with E-state index in [1.165, 1.54) is 0 Å². The average molecular weight is 586 g/mol. The van der Waals surface area contributed by atoms with Gasteiger partial charge in [0, 0.05) is 26.2 Å². The lowest BCUT2D eigenvalue weighted by molar-refractivity contribution is -0.160. The van der Waals surface area contributed by atoms with Gasteiger partial charge in [0.05, 0.1) is 17.8 Å². The molecule has 0 aliphatic heterocycles. The zero-order valence-corrected chi connectivity index (χ0v) is 26.1. The van der Waals surface area contributed by atoms with Crippen molar-refractivity contribution in [2.24, 2.45) is 16.1 Å². The van der Waals surface area contributed by atoms with Crippen LogP contribution in [0.3, 0.4) is 0 Å². The number of nitrogens with one attached hydrogen (secondary N) is 2. The van der Waals surface area contributed by atoms with Crippen molar-refractivity contribution in [3.63, 3.8) is 0 Å². The summed E-state index contributed by atoms with van der Waals surface area (Å²) in [5, 5.41) is 14.3. The van der Waals surface area contributed by atoms with E-state index in [1.807, 2.05) is 106 Å². The highest BCUT2D eigenvalue weighted by Crippen LogP contribution is 2.22. The van der Waals surface area contributed by atoms with Crippen molar-refractivity contribution < 1.29 is 19.1 Å².